The first-order valence-electron chi connectivity index (χ1n) is 8.38. The van der Waals surface area contributed by atoms with Crippen LogP contribution in [0, 0.1) is 5.92 Å². The zero-order valence-electron chi connectivity index (χ0n) is 13.6. The Hall–Kier alpha value is -1.62. The molecule has 0 radical (unpaired) electrons. The van der Waals surface area contributed by atoms with Gasteiger partial charge in [0.25, 0.3) is 0 Å². The first-order valence-corrected chi connectivity index (χ1v) is 9.19. The summed E-state index contributed by atoms with van der Waals surface area (Å²) in [5, 5.41) is -2.70. The van der Waals surface area contributed by atoms with Crippen molar-refractivity contribution in [1.29, 1.82) is 0 Å². The fourth-order valence-electron chi connectivity index (χ4n) is 3.19. The van der Waals surface area contributed by atoms with Crippen molar-refractivity contribution in [2.45, 2.75) is 48.7 Å². The number of nitrogens with one attached hydrogen (secondary N) is 1. The SMILES string of the molecule is C=C(Cc1cccc(SC(F)(F)C2CCCCC2)c1)c1ncc[nH]1. The molecule has 128 valence electrons. The van der Waals surface area contributed by atoms with Gasteiger partial charge in [0.15, 0.2) is 0 Å². The monoisotopic (exact) mass is 348 g/mol. The van der Waals surface area contributed by atoms with E-state index in [1.165, 1.54) is 0 Å². The quantitative estimate of drug-likeness (QED) is 0.655. The molecule has 0 bridgehead atoms. The Kier molecular flexibility index (Phi) is 5.39. The highest BCUT2D eigenvalue weighted by Gasteiger charge is 2.40. The Morgan fingerprint density at radius 1 is 1.29 bits per heavy atom. The molecule has 0 spiro atoms. The normalized spacial score (nSPS) is 16.2. The number of aromatic nitrogens is 2. The molecule has 1 saturated carbocycles. The molecule has 3 rings (SSSR count). The highest BCUT2D eigenvalue weighted by molar-refractivity contribution is 8.00. The molecule has 0 unspecified atom stereocenters. The van der Waals surface area contributed by atoms with Gasteiger partial charge in [-0.25, -0.2) is 4.98 Å². The predicted molar refractivity (Wildman–Crippen MR) is 95.1 cm³/mol. The van der Waals surface area contributed by atoms with Crippen LogP contribution in [0.2, 0.25) is 0 Å². The standard InChI is InChI=1S/C19H22F2N2S/c1-14(18-22-10-11-23-18)12-15-6-5-9-17(13-15)24-19(20,21)16-7-3-2-4-8-16/h5-6,9-11,13,16H,1-4,7-8,12H2,(H,22,23). The maximum absolute atomic E-state index is 14.5. The summed E-state index contributed by atoms with van der Waals surface area (Å²) in [5.41, 5.74) is 1.82. The number of hydrogen-bond donors (Lipinski definition) is 1. The van der Waals surface area contributed by atoms with Crippen LogP contribution in [0.1, 0.15) is 43.5 Å². The smallest absolute Gasteiger partial charge is 0.300 e. The molecule has 0 atom stereocenters. The van der Waals surface area contributed by atoms with Gasteiger partial charge in [-0.1, -0.05) is 49.7 Å². The summed E-state index contributed by atoms with van der Waals surface area (Å²) in [5.74, 6) is 0.235. The fraction of sp³-hybridized carbons (Fsp3) is 0.421. The zero-order chi connectivity index (χ0) is 17.0. The highest BCUT2D eigenvalue weighted by Crippen LogP contribution is 2.47. The number of rotatable bonds is 6. The third kappa shape index (κ3) is 4.26. The van der Waals surface area contributed by atoms with Crippen molar-refractivity contribution in [2.75, 3.05) is 0 Å². The Bertz CT molecular complexity index is 676. The van der Waals surface area contributed by atoms with Crippen LogP contribution in [-0.4, -0.2) is 15.2 Å². The van der Waals surface area contributed by atoms with Gasteiger partial charge in [-0.15, -0.1) is 0 Å². The summed E-state index contributed by atoms with van der Waals surface area (Å²) in [4.78, 5) is 7.81. The fourth-order valence-corrected chi connectivity index (χ4v) is 4.26. The molecule has 1 aromatic carbocycles. The zero-order valence-corrected chi connectivity index (χ0v) is 14.4. The summed E-state index contributed by atoms with van der Waals surface area (Å²) < 4.78 is 29.1. The van der Waals surface area contributed by atoms with Crippen molar-refractivity contribution in [1.82, 2.24) is 9.97 Å². The van der Waals surface area contributed by atoms with Crippen molar-refractivity contribution in [3.8, 4) is 0 Å². The summed E-state index contributed by atoms with van der Waals surface area (Å²) in [6, 6.07) is 7.39. The van der Waals surface area contributed by atoms with Gasteiger partial charge in [-0.05, 0) is 36.1 Å². The Morgan fingerprint density at radius 2 is 2.08 bits per heavy atom. The Morgan fingerprint density at radius 3 is 2.79 bits per heavy atom. The van der Waals surface area contributed by atoms with Crippen LogP contribution in [0.25, 0.3) is 5.57 Å². The lowest BCUT2D eigenvalue weighted by molar-refractivity contribution is 0.0195. The number of thioether (sulfide) groups is 1. The number of benzene rings is 1. The van der Waals surface area contributed by atoms with Gasteiger partial charge in [0.05, 0.1) is 0 Å². The molecule has 0 saturated heterocycles. The largest absolute Gasteiger partial charge is 0.345 e. The van der Waals surface area contributed by atoms with Crippen molar-refractivity contribution in [3.05, 3.63) is 54.6 Å². The minimum absolute atomic E-state index is 0.502. The molecule has 1 aliphatic carbocycles. The summed E-state index contributed by atoms with van der Waals surface area (Å²) in [6.07, 6.45) is 8.21. The van der Waals surface area contributed by atoms with Gasteiger partial charge < -0.3 is 4.98 Å². The first-order chi connectivity index (χ1) is 11.5. The lowest BCUT2D eigenvalue weighted by atomic mass is 9.89. The lowest BCUT2D eigenvalue weighted by Crippen LogP contribution is -2.26. The molecule has 24 heavy (non-hydrogen) atoms. The van der Waals surface area contributed by atoms with Crippen LogP contribution in [0.5, 0.6) is 0 Å². The van der Waals surface area contributed by atoms with Crippen molar-refractivity contribution >= 4 is 17.3 Å². The van der Waals surface area contributed by atoms with Gasteiger partial charge in [0.1, 0.15) is 5.82 Å². The summed E-state index contributed by atoms with van der Waals surface area (Å²) >= 11 is 0.705. The van der Waals surface area contributed by atoms with E-state index >= 15 is 0 Å². The van der Waals surface area contributed by atoms with Gasteiger partial charge in [-0.3, -0.25) is 0 Å². The number of alkyl halides is 2. The molecule has 2 nitrogen and oxygen atoms in total. The molecule has 1 aromatic heterocycles. The van der Waals surface area contributed by atoms with Crippen LogP contribution in [0.15, 0.2) is 48.1 Å². The average molecular weight is 348 g/mol. The van der Waals surface area contributed by atoms with E-state index in [9.17, 15) is 8.78 Å². The van der Waals surface area contributed by atoms with Crippen LogP contribution in [0.3, 0.4) is 0 Å². The number of imidazole rings is 1. The predicted octanol–water partition coefficient (Wildman–Crippen LogP) is 5.93. The number of halogens is 2. The molecule has 0 amide bonds. The first kappa shape index (κ1) is 17.2. The molecule has 5 heteroatoms. The second-order valence-electron chi connectivity index (χ2n) is 6.36. The minimum Gasteiger partial charge on any atom is -0.345 e. The second-order valence-corrected chi connectivity index (χ2v) is 7.58. The van der Waals surface area contributed by atoms with Crippen LogP contribution < -0.4 is 0 Å². The maximum atomic E-state index is 14.5. The van der Waals surface area contributed by atoms with Gasteiger partial charge in [0.2, 0.25) is 0 Å². The number of aromatic amines is 1. The lowest BCUT2D eigenvalue weighted by Gasteiger charge is -2.29. The molecule has 1 N–H and O–H groups in total. The van der Waals surface area contributed by atoms with E-state index in [0.29, 0.717) is 35.9 Å². The third-order valence-electron chi connectivity index (χ3n) is 4.48. The summed E-state index contributed by atoms with van der Waals surface area (Å²) in [7, 11) is 0. The molecule has 2 aromatic rings. The third-order valence-corrected chi connectivity index (χ3v) is 5.58. The number of hydrogen-bond acceptors (Lipinski definition) is 2. The van der Waals surface area contributed by atoms with Gasteiger partial charge in [0, 0.05) is 29.6 Å². The van der Waals surface area contributed by atoms with Crippen molar-refractivity contribution < 1.29 is 8.78 Å². The van der Waals surface area contributed by atoms with Crippen molar-refractivity contribution in [3.63, 3.8) is 0 Å². The van der Waals surface area contributed by atoms with E-state index in [1.807, 2.05) is 18.2 Å². The highest BCUT2D eigenvalue weighted by atomic mass is 32.2. The van der Waals surface area contributed by atoms with E-state index in [2.05, 4.69) is 16.5 Å². The number of nitrogens with zero attached hydrogens (tertiary/aromatic N) is 1. The molecule has 1 heterocycles. The Balaban J connectivity index is 1.67. The van der Waals surface area contributed by atoms with E-state index in [-0.39, 0.29) is 0 Å². The van der Waals surface area contributed by atoms with E-state index in [1.54, 1.807) is 18.5 Å². The number of allylic oxidation sites excluding steroid dienone is 1. The minimum atomic E-state index is -2.70. The molecule has 1 fully saturated rings. The second kappa shape index (κ2) is 7.51. The molecule has 0 aliphatic heterocycles. The molecular formula is C19H22F2N2S. The summed E-state index contributed by atoms with van der Waals surface area (Å²) in [6.45, 7) is 4.02. The van der Waals surface area contributed by atoms with Gasteiger partial charge in [-0.2, -0.15) is 8.78 Å². The Labute approximate surface area is 145 Å². The van der Waals surface area contributed by atoms with Crippen LogP contribution >= 0.6 is 11.8 Å². The molecular weight excluding hydrogens is 326 g/mol. The van der Waals surface area contributed by atoms with Crippen molar-refractivity contribution in [2.24, 2.45) is 5.92 Å². The maximum Gasteiger partial charge on any atom is 0.300 e. The van der Waals surface area contributed by atoms with E-state index in [0.717, 1.165) is 36.2 Å². The number of H-pyrrole nitrogens is 1. The van der Waals surface area contributed by atoms with Crippen LogP contribution in [-0.2, 0) is 6.42 Å². The molecule has 1 aliphatic rings. The van der Waals surface area contributed by atoms with E-state index in [4.69, 9.17) is 0 Å². The van der Waals surface area contributed by atoms with Gasteiger partial charge >= 0.3 is 5.25 Å². The van der Waals surface area contributed by atoms with E-state index < -0.39 is 11.2 Å². The van der Waals surface area contributed by atoms with Crippen LogP contribution in [0.4, 0.5) is 8.78 Å². The topological polar surface area (TPSA) is 28.7 Å². The average Bonchev–Trinajstić information content (AvgIpc) is 3.10.